The first-order valence-corrected chi connectivity index (χ1v) is 11.4. The van der Waals surface area contributed by atoms with Gasteiger partial charge < -0.3 is 23.7 Å². The number of hydrogen-bond acceptors (Lipinski definition) is 9. The van der Waals surface area contributed by atoms with E-state index in [-0.39, 0.29) is 24.8 Å². The molecule has 0 amide bonds. The number of hydrogen-bond donors (Lipinski definition) is 2. The van der Waals surface area contributed by atoms with Gasteiger partial charge in [-0.05, 0) is 37.6 Å². The van der Waals surface area contributed by atoms with Crippen LogP contribution in [0.1, 0.15) is 12.2 Å². The quantitative estimate of drug-likeness (QED) is 0.535. The number of aliphatic hydroxyl groups is 1. The van der Waals surface area contributed by atoms with Crippen molar-refractivity contribution in [3.8, 4) is 28.8 Å². The Morgan fingerprint density at radius 2 is 1.88 bits per heavy atom. The van der Waals surface area contributed by atoms with Gasteiger partial charge in [0.2, 0.25) is 21.8 Å². The molecule has 0 saturated carbocycles. The molecule has 3 aromatic rings. The summed E-state index contributed by atoms with van der Waals surface area (Å²) in [7, 11) is -1.11. The number of para-hydroxylation sites is 1. The lowest BCUT2D eigenvalue weighted by Crippen LogP contribution is -2.45. The molecule has 2 N–H and O–H groups in total. The highest BCUT2D eigenvalue weighted by Gasteiger charge is 2.37. The summed E-state index contributed by atoms with van der Waals surface area (Å²) in [6.07, 6.45) is -0.846. The Morgan fingerprint density at radius 1 is 1.16 bits per heavy atom. The maximum Gasteiger partial charge on any atom is 0.243 e. The van der Waals surface area contributed by atoms with Crippen LogP contribution in [0.5, 0.6) is 11.5 Å². The summed E-state index contributed by atoms with van der Waals surface area (Å²) >= 11 is 0. The molecule has 0 spiro atoms. The van der Waals surface area contributed by atoms with Gasteiger partial charge in [0, 0.05) is 6.61 Å². The summed E-state index contributed by atoms with van der Waals surface area (Å²) in [5.74, 6) is 1.93. The number of nitrogens with zero attached hydrogens (tertiary/aromatic N) is 3. The van der Waals surface area contributed by atoms with E-state index in [0.717, 1.165) is 0 Å². The van der Waals surface area contributed by atoms with Crippen molar-refractivity contribution in [2.75, 3.05) is 32.2 Å². The number of aryl methyl sites for hydroxylation is 1. The van der Waals surface area contributed by atoms with Crippen LogP contribution in [0.25, 0.3) is 17.3 Å². The number of anilines is 1. The third kappa shape index (κ3) is 4.04. The molecule has 0 aliphatic carbocycles. The van der Waals surface area contributed by atoms with E-state index in [1.807, 2.05) is 0 Å². The monoisotopic (exact) mass is 464 g/mol. The Balaban J connectivity index is 1.88. The van der Waals surface area contributed by atoms with Crippen LogP contribution in [-0.2, 0) is 14.8 Å². The molecule has 2 atom stereocenters. The zero-order valence-electron chi connectivity index (χ0n) is 17.8. The summed E-state index contributed by atoms with van der Waals surface area (Å²) in [5, 5.41) is 17.3. The Kier molecular flexibility index (Phi) is 6.09. The van der Waals surface area contributed by atoms with Crippen LogP contribution in [0.3, 0.4) is 0 Å². The first kappa shape index (κ1) is 22.1. The van der Waals surface area contributed by atoms with Crippen molar-refractivity contribution >= 4 is 16.0 Å². The first-order valence-electron chi connectivity index (χ1n) is 9.86. The number of sulfonamides is 1. The van der Waals surface area contributed by atoms with Gasteiger partial charge in [-0.3, -0.25) is 9.29 Å². The molecule has 1 fully saturated rings. The van der Waals surface area contributed by atoms with Crippen LogP contribution < -0.4 is 14.2 Å². The number of benzene rings is 1. The van der Waals surface area contributed by atoms with Crippen molar-refractivity contribution in [1.82, 2.24) is 14.8 Å². The average molecular weight is 465 g/mol. The van der Waals surface area contributed by atoms with E-state index in [4.69, 9.17) is 18.6 Å². The third-order valence-corrected chi connectivity index (χ3v) is 6.87. The van der Waals surface area contributed by atoms with Gasteiger partial charge >= 0.3 is 0 Å². The number of rotatable bonds is 7. The third-order valence-electron chi connectivity index (χ3n) is 5.15. The minimum Gasteiger partial charge on any atom is -0.494 e. The van der Waals surface area contributed by atoms with Crippen molar-refractivity contribution in [3.05, 3.63) is 36.1 Å². The number of methoxy groups -OCH3 is 2. The summed E-state index contributed by atoms with van der Waals surface area (Å²) in [6, 6.07) is 8.60. The van der Waals surface area contributed by atoms with E-state index >= 15 is 0 Å². The number of aromatic nitrogens is 3. The maximum absolute atomic E-state index is 13.1. The number of ether oxygens (including phenoxy) is 3. The van der Waals surface area contributed by atoms with Gasteiger partial charge in [-0.25, -0.2) is 8.42 Å². The number of aliphatic hydroxyl groups excluding tert-OH is 1. The summed E-state index contributed by atoms with van der Waals surface area (Å²) in [6.45, 7) is 1.94. The molecule has 172 valence electrons. The lowest BCUT2D eigenvalue weighted by atomic mass is 10.1. The predicted molar refractivity (Wildman–Crippen MR) is 115 cm³/mol. The molecule has 1 aliphatic heterocycles. The van der Waals surface area contributed by atoms with Crippen molar-refractivity contribution < 1.29 is 32.2 Å². The van der Waals surface area contributed by atoms with Gasteiger partial charge in [-0.2, -0.15) is 0 Å². The van der Waals surface area contributed by atoms with E-state index in [9.17, 15) is 13.5 Å². The second kappa shape index (κ2) is 8.81. The molecule has 4 rings (SSSR count). The van der Waals surface area contributed by atoms with Gasteiger partial charge in [0.05, 0.1) is 26.9 Å². The number of furan rings is 1. The SMILES string of the molecule is COc1cccc(OC)c1-n1c(NS(=O)(=O)[C@@H]2COCC[C@@H]2O)nnc1-c1ccc(C)o1. The van der Waals surface area contributed by atoms with E-state index in [0.29, 0.717) is 35.3 Å². The van der Waals surface area contributed by atoms with Crippen LogP contribution in [0.4, 0.5) is 5.95 Å². The standard InChI is InChI=1S/C20H24N4O7S/c1-12-7-8-16(31-12)19-21-22-20(23-32(26,27)17-11-30-10-9-13(17)25)24(19)18-14(28-2)5-4-6-15(18)29-3/h4-8,13,17,25H,9-11H2,1-3H3,(H,22,23)/t13-,17+/m0/s1. The summed E-state index contributed by atoms with van der Waals surface area (Å²) in [5.41, 5.74) is 0.379. The lowest BCUT2D eigenvalue weighted by Gasteiger charge is -2.27. The Morgan fingerprint density at radius 3 is 2.47 bits per heavy atom. The van der Waals surface area contributed by atoms with Crippen LogP contribution >= 0.6 is 0 Å². The average Bonchev–Trinajstić information content (AvgIpc) is 3.38. The molecular formula is C20H24N4O7S. The Hall–Kier alpha value is -3.09. The van der Waals surface area contributed by atoms with E-state index in [1.165, 1.54) is 18.8 Å². The molecule has 1 saturated heterocycles. The molecule has 0 unspecified atom stereocenters. The normalized spacial score (nSPS) is 19.0. The van der Waals surface area contributed by atoms with Gasteiger partial charge in [0.1, 0.15) is 28.2 Å². The Labute approximate surface area is 185 Å². The topological polar surface area (TPSA) is 138 Å². The van der Waals surface area contributed by atoms with Crippen LogP contribution in [-0.4, -0.2) is 67.1 Å². The molecule has 32 heavy (non-hydrogen) atoms. The molecule has 3 heterocycles. The van der Waals surface area contributed by atoms with Crippen molar-refractivity contribution in [3.63, 3.8) is 0 Å². The second-order valence-electron chi connectivity index (χ2n) is 7.22. The number of nitrogens with one attached hydrogen (secondary N) is 1. The molecule has 1 aromatic carbocycles. The summed E-state index contributed by atoms with van der Waals surface area (Å²) < 4.78 is 52.1. The predicted octanol–water partition coefficient (Wildman–Crippen LogP) is 1.74. The highest BCUT2D eigenvalue weighted by molar-refractivity contribution is 7.93. The van der Waals surface area contributed by atoms with E-state index < -0.39 is 21.4 Å². The summed E-state index contributed by atoms with van der Waals surface area (Å²) in [4.78, 5) is 0. The van der Waals surface area contributed by atoms with E-state index in [2.05, 4.69) is 14.9 Å². The fourth-order valence-electron chi connectivity index (χ4n) is 3.53. The lowest BCUT2D eigenvalue weighted by molar-refractivity contribution is 0.0177. The fourth-order valence-corrected chi connectivity index (χ4v) is 4.89. The molecule has 0 radical (unpaired) electrons. The molecule has 11 nitrogen and oxygen atoms in total. The Bertz CT molecular complexity index is 1180. The van der Waals surface area contributed by atoms with Gasteiger partial charge in [-0.1, -0.05) is 6.07 Å². The van der Waals surface area contributed by atoms with E-state index in [1.54, 1.807) is 37.3 Å². The van der Waals surface area contributed by atoms with Gasteiger partial charge in [0.15, 0.2) is 5.76 Å². The largest absolute Gasteiger partial charge is 0.494 e. The minimum atomic E-state index is -4.08. The van der Waals surface area contributed by atoms with Gasteiger partial charge in [-0.15, -0.1) is 10.2 Å². The zero-order valence-corrected chi connectivity index (χ0v) is 18.6. The molecule has 12 heteroatoms. The van der Waals surface area contributed by atoms with Crippen molar-refractivity contribution in [2.45, 2.75) is 24.7 Å². The minimum absolute atomic E-state index is 0.116. The molecule has 2 aromatic heterocycles. The molecule has 0 bridgehead atoms. The van der Waals surface area contributed by atoms with Crippen LogP contribution in [0.15, 0.2) is 34.7 Å². The van der Waals surface area contributed by atoms with Crippen molar-refractivity contribution in [1.29, 1.82) is 0 Å². The van der Waals surface area contributed by atoms with Crippen LogP contribution in [0, 0.1) is 6.92 Å². The highest BCUT2D eigenvalue weighted by Crippen LogP contribution is 2.38. The maximum atomic E-state index is 13.1. The van der Waals surface area contributed by atoms with Gasteiger partial charge in [0.25, 0.3) is 0 Å². The smallest absolute Gasteiger partial charge is 0.243 e. The molecule has 1 aliphatic rings. The highest BCUT2D eigenvalue weighted by atomic mass is 32.2. The first-order chi connectivity index (χ1) is 15.4. The van der Waals surface area contributed by atoms with Crippen LogP contribution in [0.2, 0.25) is 0 Å². The molecular weight excluding hydrogens is 440 g/mol. The van der Waals surface area contributed by atoms with Crippen molar-refractivity contribution in [2.24, 2.45) is 0 Å². The second-order valence-corrected chi connectivity index (χ2v) is 9.12. The fraction of sp³-hybridized carbons (Fsp3) is 0.400. The zero-order chi connectivity index (χ0) is 22.9.